The van der Waals surface area contributed by atoms with Crippen LogP contribution in [0.3, 0.4) is 0 Å². The van der Waals surface area contributed by atoms with Gasteiger partial charge in [-0.05, 0) is 32.0 Å². The lowest BCUT2D eigenvalue weighted by atomic mass is 10.1. The highest BCUT2D eigenvalue weighted by Crippen LogP contribution is 2.23. The van der Waals surface area contributed by atoms with E-state index in [1.54, 1.807) is 0 Å². The number of benzene rings is 1. The number of rotatable bonds is 1. The summed E-state index contributed by atoms with van der Waals surface area (Å²) in [6.45, 7) is 4.01. The van der Waals surface area contributed by atoms with Gasteiger partial charge in [-0.1, -0.05) is 6.07 Å². The number of aromatic amines is 1. The lowest BCUT2D eigenvalue weighted by Crippen LogP contribution is -1.89. The maximum atomic E-state index is 4.53. The molecule has 0 amide bonds. The standard InChI is InChI=1S/C13H14N4/c1-8-6-11(16-15-8)10-4-5-13-12(7-10)14-9(2)17(13)3/h4-7H,1-3H3,(H,15,16). The highest BCUT2D eigenvalue weighted by molar-refractivity contribution is 5.81. The molecule has 0 unspecified atom stereocenters. The molecular weight excluding hydrogens is 212 g/mol. The van der Waals surface area contributed by atoms with Gasteiger partial charge in [-0.2, -0.15) is 5.10 Å². The summed E-state index contributed by atoms with van der Waals surface area (Å²) >= 11 is 0. The van der Waals surface area contributed by atoms with Gasteiger partial charge in [0.15, 0.2) is 0 Å². The fourth-order valence-corrected chi connectivity index (χ4v) is 2.05. The molecule has 3 aromatic rings. The largest absolute Gasteiger partial charge is 0.331 e. The average molecular weight is 226 g/mol. The van der Waals surface area contributed by atoms with E-state index in [4.69, 9.17) is 0 Å². The zero-order valence-corrected chi connectivity index (χ0v) is 10.2. The lowest BCUT2D eigenvalue weighted by molar-refractivity contribution is 0.886. The minimum Gasteiger partial charge on any atom is -0.331 e. The highest BCUT2D eigenvalue weighted by Gasteiger charge is 2.07. The Morgan fingerprint density at radius 1 is 1.18 bits per heavy atom. The number of fused-ring (bicyclic) bond motifs is 1. The Morgan fingerprint density at radius 2 is 2.00 bits per heavy atom. The molecule has 4 heteroatoms. The number of hydrogen-bond donors (Lipinski definition) is 1. The van der Waals surface area contributed by atoms with Crippen LogP contribution in [0.4, 0.5) is 0 Å². The Hall–Kier alpha value is -2.10. The van der Waals surface area contributed by atoms with Gasteiger partial charge in [0.1, 0.15) is 5.82 Å². The van der Waals surface area contributed by atoms with Crippen LogP contribution in [0.15, 0.2) is 24.3 Å². The minimum absolute atomic E-state index is 0.965. The maximum Gasteiger partial charge on any atom is 0.106 e. The quantitative estimate of drug-likeness (QED) is 0.693. The van der Waals surface area contributed by atoms with Gasteiger partial charge in [0, 0.05) is 18.3 Å². The summed E-state index contributed by atoms with van der Waals surface area (Å²) in [5, 5.41) is 7.22. The van der Waals surface area contributed by atoms with E-state index in [-0.39, 0.29) is 0 Å². The SMILES string of the molecule is Cc1cc(-c2ccc3c(c2)nc(C)n3C)n[nH]1. The molecule has 2 aromatic heterocycles. The molecule has 86 valence electrons. The molecule has 0 radical (unpaired) electrons. The molecule has 1 N–H and O–H groups in total. The Balaban J connectivity index is 2.20. The molecule has 0 saturated carbocycles. The summed E-state index contributed by atoms with van der Waals surface area (Å²) in [7, 11) is 2.03. The van der Waals surface area contributed by atoms with E-state index < -0.39 is 0 Å². The van der Waals surface area contributed by atoms with Gasteiger partial charge in [0.05, 0.1) is 16.7 Å². The monoisotopic (exact) mass is 226 g/mol. The lowest BCUT2D eigenvalue weighted by Gasteiger charge is -1.98. The van der Waals surface area contributed by atoms with E-state index in [0.29, 0.717) is 0 Å². The van der Waals surface area contributed by atoms with Crippen molar-refractivity contribution < 1.29 is 0 Å². The predicted octanol–water partition coefficient (Wildman–Crippen LogP) is 2.58. The van der Waals surface area contributed by atoms with E-state index in [2.05, 4.69) is 37.9 Å². The first kappa shape index (κ1) is 10.1. The van der Waals surface area contributed by atoms with Crippen molar-refractivity contribution in [2.45, 2.75) is 13.8 Å². The van der Waals surface area contributed by atoms with Crippen molar-refractivity contribution in [2.75, 3.05) is 0 Å². The van der Waals surface area contributed by atoms with Gasteiger partial charge in [-0.15, -0.1) is 0 Å². The molecule has 0 spiro atoms. The predicted molar refractivity (Wildman–Crippen MR) is 67.8 cm³/mol. The minimum atomic E-state index is 0.965. The van der Waals surface area contributed by atoms with Crippen LogP contribution in [0.1, 0.15) is 11.5 Å². The van der Waals surface area contributed by atoms with Crippen molar-refractivity contribution in [3.63, 3.8) is 0 Å². The second kappa shape index (κ2) is 3.45. The van der Waals surface area contributed by atoms with Crippen LogP contribution >= 0.6 is 0 Å². The number of aromatic nitrogens is 4. The van der Waals surface area contributed by atoms with Gasteiger partial charge in [0.2, 0.25) is 0 Å². The zero-order chi connectivity index (χ0) is 12.0. The third-order valence-electron chi connectivity index (χ3n) is 3.11. The van der Waals surface area contributed by atoms with Gasteiger partial charge >= 0.3 is 0 Å². The van der Waals surface area contributed by atoms with Crippen LogP contribution in [-0.4, -0.2) is 19.7 Å². The fourth-order valence-electron chi connectivity index (χ4n) is 2.05. The van der Waals surface area contributed by atoms with Crippen LogP contribution in [0.2, 0.25) is 0 Å². The van der Waals surface area contributed by atoms with E-state index >= 15 is 0 Å². The molecule has 0 saturated heterocycles. The van der Waals surface area contributed by atoms with E-state index in [0.717, 1.165) is 33.8 Å². The van der Waals surface area contributed by atoms with Gasteiger partial charge in [-0.25, -0.2) is 4.98 Å². The molecule has 4 nitrogen and oxygen atoms in total. The summed E-state index contributed by atoms with van der Waals surface area (Å²) in [6, 6.07) is 8.29. The zero-order valence-electron chi connectivity index (χ0n) is 10.2. The van der Waals surface area contributed by atoms with Crippen molar-refractivity contribution in [3.8, 4) is 11.3 Å². The summed E-state index contributed by atoms with van der Waals surface area (Å²) in [6.07, 6.45) is 0. The number of hydrogen-bond acceptors (Lipinski definition) is 2. The normalized spacial score (nSPS) is 11.2. The first-order valence-electron chi connectivity index (χ1n) is 5.60. The van der Waals surface area contributed by atoms with Crippen LogP contribution in [-0.2, 0) is 7.05 Å². The Labute approximate surface area is 99.3 Å². The summed E-state index contributed by atoms with van der Waals surface area (Å²) in [4.78, 5) is 4.53. The van der Waals surface area contributed by atoms with Gasteiger partial charge in [-0.3, -0.25) is 5.10 Å². The van der Waals surface area contributed by atoms with Crippen molar-refractivity contribution in [2.24, 2.45) is 7.05 Å². The molecule has 0 aliphatic rings. The van der Waals surface area contributed by atoms with Crippen molar-refractivity contribution >= 4 is 11.0 Å². The molecule has 1 aromatic carbocycles. The second-order valence-electron chi connectivity index (χ2n) is 4.36. The number of nitrogens with one attached hydrogen (secondary N) is 1. The summed E-state index contributed by atoms with van der Waals surface area (Å²) in [5.74, 6) is 1.02. The third kappa shape index (κ3) is 1.53. The molecule has 0 aliphatic heterocycles. The molecule has 0 fully saturated rings. The van der Waals surface area contributed by atoms with Gasteiger partial charge < -0.3 is 4.57 Å². The van der Waals surface area contributed by atoms with Crippen LogP contribution in [0, 0.1) is 13.8 Å². The smallest absolute Gasteiger partial charge is 0.106 e. The van der Waals surface area contributed by atoms with Crippen molar-refractivity contribution in [1.29, 1.82) is 0 Å². The van der Waals surface area contributed by atoms with Crippen LogP contribution in [0.5, 0.6) is 0 Å². The van der Waals surface area contributed by atoms with Gasteiger partial charge in [0.25, 0.3) is 0 Å². The fraction of sp³-hybridized carbons (Fsp3) is 0.231. The number of aryl methyl sites for hydroxylation is 3. The summed E-state index contributed by atoms with van der Waals surface area (Å²) in [5.41, 5.74) is 5.30. The van der Waals surface area contributed by atoms with Crippen LogP contribution in [0.25, 0.3) is 22.3 Å². The maximum absolute atomic E-state index is 4.53. The first-order chi connectivity index (χ1) is 8.15. The molecule has 2 heterocycles. The average Bonchev–Trinajstić information content (AvgIpc) is 2.85. The van der Waals surface area contributed by atoms with E-state index in [1.807, 2.05) is 27.0 Å². The van der Waals surface area contributed by atoms with Crippen molar-refractivity contribution in [1.82, 2.24) is 19.7 Å². The van der Waals surface area contributed by atoms with Crippen molar-refractivity contribution in [3.05, 3.63) is 35.8 Å². The first-order valence-corrected chi connectivity index (χ1v) is 5.60. The Morgan fingerprint density at radius 3 is 2.71 bits per heavy atom. The Kier molecular flexibility index (Phi) is 2.04. The highest BCUT2D eigenvalue weighted by atomic mass is 15.1. The van der Waals surface area contributed by atoms with E-state index in [1.165, 1.54) is 0 Å². The van der Waals surface area contributed by atoms with Crippen LogP contribution < -0.4 is 0 Å². The molecule has 3 rings (SSSR count). The van der Waals surface area contributed by atoms with E-state index in [9.17, 15) is 0 Å². The molecule has 0 atom stereocenters. The topological polar surface area (TPSA) is 46.5 Å². The number of nitrogens with zero attached hydrogens (tertiary/aromatic N) is 3. The molecule has 0 aliphatic carbocycles. The number of H-pyrrole nitrogens is 1. The molecular formula is C13H14N4. The molecule has 0 bridgehead atoms. The summed E-state index contributed by atoms with van der Waals surface area (Å²) < 4.78 is 2.09. The third-order valence-corrected chi connectivity index (χ3v) is 3.11. The second-order valence-corrected chi connectivity index (χ2v) is 4.36. The number of imidazole rings is 1. The molecule has 17 heavy (non-hydrogen) atoms. The Bertz CT molecular complexity index is 691.